The summed E-state index contributed by atoms with van der Waals surface area (Å²) in [7, 11) is 0. The van der Waals surface area contributed by atoms with Gasteiger partial charge in [-0.2, -0.15) is 0 Å². The lowest BCUT2D eigenvalue weighted by Gasteiger charge is -2.25. The van der Waals surface area contributed by atoms with Crippen LogP contribution >= 0.6 is 0 Å². The van der Waals surface area contributed by atoms with Crippen LogP contribution in [-0.2, 0) is 13.0 Å². The summed E-state index contributed by atoms with van der Waals surface area (Å²) >= 11 is 0. The van der Waals surface area contributed by atoms with Gasteiger partial charge in [-0.25, -0.2) is 15.0 Å². The first kappa shape index (κ1) is 45.1. The van der Waals surface area contributed by atoms with Crippen LogP contribution in [-0.4, -0.2) is 30.4 Å². The van der Waals surface area contributed by atoms with Crippen LogP contribution in [0.4, 0.5) is 0 Å². The molecule has 0 heterocycles. The van der Waals surface area contributed by atoms with Crippen LogP contribution in [0.3, 0.4) is 0 Å². The fraction of sp³-hybridized carbons (Fsp3) is 0.224. The van der Waals surface area contributed by atoms with Gasteiger partial charge in [-0.3, -0.25) is 10.7 Å². The van der Waals surface area contributed by atoms with Crippen molar-refractivity contribution in [1.29, 1.82) is 0 Å². The Morgan fingerprint density at radius 3 is 2.18 bits per heavy atom. The summed E-state index contributed by atoms with van der Waals surface area (Å²) in [5.74, 6) is 1.36. The maximum absolute atomic E-state index is 7.31. The summed E-state index contributed by atoms with van der Waals surface area (Å²) in [5.41, 5.74) is 21.9. The van der Waals surface area contributed by atoms with E-state index in [0.29, 0.717) is 37.5 Å². The van der Waals surface area contributed by atoms with Gasteiger partial charge >= 0.3 is 5.84 Å². The maximum atomic E-state index is 7.31. The average molecular weight is 734 g/mol. The molecule has 0 bridgehead atoms. The summed E-state index contributed by atoms with van der Waals surface area (Å²) in [6.07, 6.45) is 25.9. The van der Waals surface area contributed by atoms with Crippen molar-refractivity contribution in [3.8, 4) is 0 Å². The molecular formula is C49H61N6+. The zero-order valence-corrected chi connectivity index (χ0v) is 33.6. The second-order valence-corrected chi connectivity index (χ2v) is 12.9. The van der Waals surface area contributed by atoms with Gasteiger partial charge in [0.25, 0.3) is 0 Å². The highest BCUT2D eigenvalue weighted by atomic mass is 15.1. The van der Waals surface area contributed by atoms with Gasteiger partial charge in [0, 0.05) is 18.4 Å². The normalized spacial score (nSPS) is 14.7. The number of nitrogens with two attached hydrogens (primary N) is 2. The molecule has 0 saturated carbocycles. The number of aliphatic imine (C=N–C) groups is 2. The van der Waals surface area contributed by atoms with Crippen molar-refractivity contribution in [1.82, 2.24) is 9.98 Å². The molecule has 6 heteroatoms. The molecule has 0 saturated heterocycles. The van der Waals surface area contributed by atoms with E-state index in [1.54, 1.807) is 12.2 Å². The van der Waals surface area contributed by atoms with Gasteiger partial charge in [-0.1, -0.05) is 166 Å². The molecule has 2 atom stereocenters. The van der Waals surface area contributed by atoms with Gasteiger partial charge in [0.05, 0.1) is 18.5 Å². The molecule has 0 aliphatic heterocycles. The Hall–Kier alpha value is -6.07. The van der Waals surface area contributed by atoms with Gasteiger partial charge in [0.15, 0.2) is 12.4 Å². The third-order valence-electron chi connectivity index (χ3n) is 8.86. The van der Waals surface area contributed by atoms with Gasteiger partial charge < -0.3 is 5.73 Å². The van der Waals surface area contributed by atoms with Crippen molar-refractivity contribution in [2.75, 3.05) is 0 Å². The van der Waals surface area contributed by atoms with E-state index in [1.165, 1.54) is 11.9 Å². The van der Waals surface area contributed by atoms with E-state index in [2.05, 4.69) is 81.7 Å². The van der Waals surface area contributed by atoms with Crippen molar-refractivity contribution in [2.45, 2.75) is 66.6 Å². The van der Waals surface area contributed by atoms with Crippen LogP contribution in [0.15, 0.2) is 203 Å². The number of benzene rings is 2. The number of hydrogen-bond donors (Lipinski definition) is 3. The molecule has 2 aromatic carbocycles. The molecule has 5 N–H and O–H groups in total. The van der Waals surface area contributed by atoms with E-state index >= 15 is 0 Å². The number of amidine groups is 2. The fourth-order valence-electron chi connectivity index (χ4n) is 5.61. The third-order valence-corrected chi connectivity index (χ3v) is 8.86. The highest BCUT2D eigenvalue weighted by molar-refractivity contribution is 5.99. The van der Waals surface area contributed by atoms with Gasteiger partial charge in [0.2, 0.25) is 0 Å². The van der Waals surface area contributed by atoms with Crippen molar-refractivity contribution in [3.05, 3.63) is 204 Å². The molecule has 0 aliphatic rings. The van der Waals surface area contributed by atoms with E-state index in [0.717, 1.165) is 44.6 Å². The molecule has 2 aromatic rings. The Morgan fingerprint density at radius 1 is 0.927 bits per heavy atom. The molecule has 0 aliphatic carbocycles. The van der Waals surface area contributed by atoms with Crippen LogP contribution in [0.1, 0.15) is 58.6 Å². The van der Waals surface area contributed by atoms with E-state index < -0.39 is 6.17 Å². The highest BCUT2D eigenvalue weighted by Gasteiger charge is 2.28. The fourth-order valence-corrected chi connectivity index (χ4v) is 5.61. The predicted molar refractivity (Wildman–Crippen MR) is 243 cm³/mol. The molecule has 0 aromatic heterocycles. The van der Waals surface area contributed by atoms with Crippen LogP contribution in [0.25, 0.3) is 0 Å². The van der Waals surface area contributed by atoms with Crippen molar-refractivity contribution in [3.63, 3.8) is 0 Å². The SMILES string of the molecule is C=C/C=C\C(=C)/C(C)=C(C(=C(\C)C(C)/C=C\C=C)/C(N)NC(=[N+]=CCc1ccccc1)/C(C)=C/C=C\C)\C(C=C)=C\CCC(N=CN)=NCc1ccccc1. The Kier molecular flexibility index (Phi) is 21.2. The third kappa shape index (κ3) is 15.8. The molecule has 2 unspecified atom stereocenters. The van der Waals surface area contributed by atoms with E-state index in [-0.39, 0.29) is 5.92 Å². The number of rotatable bonds is 20. The molecule has 286 valence electrons. The summed E-state index contributed by atoms with van der Waals surface area (Å²) in [6, 6.07) is 20.3. The van der Waals surface area contributed by atoms with Crippen LogP contribution < -0.4 is 21.5 Å². The second-order valence-electron chi connectivity index (χ2n) is 12.9. The van der Waals surface area contributed by atoms with Gasteiger partial charge in [-0.05, 0) is 73.5 Å². The quantitative estimate of drug-likeness (QED) is 0.0415. The van der Waals surface area contributed by atoms with Crippen LogP contribution in [0.2, 0.25) is 0 Å². The van der Waals surface area contributed by atoms with Crippen molar-refractivity contribution < 1.29 is 0 Å². The van der Waals surface area contributed by atoms with E-state index in [9.17, 15) is 0 Å². The minimum absolute atomic E-state index is 0.0204. The number of nitrogens with one attached hydrogen (secondary N) is 1. The molecule has 2 rings (SSSR count). The Bertz CT molecular complexity index is 1940. The zero-order valence-electron chi connectivity index (χ0n) is 33.6. The molecule has 0 amide bonds. The first-order valence-corrected chi connectivity index (χ1v) is 18.7. The topological polar surface area (TPSA) is 103 Å². The minimum Gasteiger partial charge on any atom is -0.390 e. The molecular weight excluding hydrogens is 673 g/mol. The zero-order chi connectivity index (χ0) is 40.4. The van der Waals surface area contributed by atoms with Gasteiger partial charge in [-0.15, -0.1) is 0 Å². The lowest BCUT2D eigenvalue weighted by molar-refractivity contribution is 0.701. The van der Waals surface area contributed by atoms with Crippen LogP contribution in [0, 0.1) is 5.92 Å². The summed E-state index contributed by atoms with van der Waals surface area (Å²) in [4.78, 5) is 9.15. The Morgan fingerprint density at radius 2 is 1.58 bits per heavy atom. The lowest BCUT2D eigenvalue weighted by atomic mass is 9.82. The summed E-state index contributed by atoms with van der Waals surface area (Å²) in [6.45, 7) is 27.4. The number of nitrogens with zero attached hydrogens (tertiary/aromatic N) is 3. The largest absolute Gasteiger partial charge is 0.390 e. The Balaban J connectivity index is 2.83. The molecule has 55 heavy (non-hydrogen) atoms. The first-order chi connectivity index (χ1) is 26.6. The number of allylic oxidation sites excluding steroid dienone is 15. The predicted octanol–water partition coefficient (Wildman–Crippen LogP) is 9.95. The lowest BCUT2D eigenvalue weighted by Crippen LogP contribution is -2.45. The monoisotopic (exact) mass is 733 g/mol. The van der Waals surface area contributed by atoms with E-state index in [1.807, 2.05) is 111 Å². The standard InChI is InChI=1S/C49H60N6/c1-10-14-24-37(5)40(8)46(44(13-4)31-23-32-45(54-36-50)53-35-43-29-21-18-22-30-43)47(41(9)38(6)25-15-11-2)48(51)55-49(39(7)26-16-12-3)52-34-33-42-27-19-17-20-28-42/h10-22,24-31,34,36,38,48H,1-2,4-5,23,32-33,35,51H2,3,6-9H3,(H2,50,53,54)/p+1/b16-12-,24-14-,25-15-,39-26+,44-31+,46-40+,47-41-. The molecule has 0 fully saturated rings. The second kappa shape index (κ2) is 25.8. The van der Waals surface area contributed by atoms with Crippen molar-refractivity contribution >= 4 is 24.2 Å². The van der Waals surface area contributed by atoms with Crippen molar-refractivity contribution in [2.24, 2.45) is 27.4 Å². The maximum Gasteiger partial charge on any atom is 0.371 e. The summed E-state index contributed by atoms with van der Waals surface area (Å²) in [5, 5.41) is 3.60. The summed E-state index contributed by atoms with van der Waals surface area (Å²) < 4.78 is 4.94. The molecule has 6 nitrogen and oxygen atoms in total. The smallest absolute Gasteiger partial charge is 0.371 e. The Labute approximate surface area is 331 Å². The van der Waals surface area contributed by atoms with Crippen LogP contribution in [0.5, 0.6) is 0 Å². The molecule has 0 spiro atoms. The molecule has 0 radical (unpaired) electrons. The number of hydrogen-bond acceptors (Lipinski definition) is 2. The minimum atomic E-state index is -0.674. The van der Waals surface area contributed by atoms with Gasteiger partial charge in [0.1, 0.15) is 5.84 Å². The van der Waals surface area contributed by atoms with E-state index in [4.69, 9.17) is 21.1 Å². The average Bonchev–Trinajstić information content (AvgIpc) is 3.20. The highest BCUT2D eigenvalue weighted by Crippen LogP contribution is 2.34. The first-order valence-electron chi connectivity index (χ1n) is 18.7.